The molecule has 0 aliphatic rings. The molecule has 0 aliphatic heterocycles. The summed E-state index contributed by atoms with van der Waals surface area (Å²) in [7, 11) is 0. The second-order valence-electron chi connectivity index (χ2n) is 4.77. The molecular formula is C13H16ClFN4O. The van der Waals surface area contributed by atoms with Gasteiger partial charge in [-0.1, -0.05) is 30.5 Å². The molecule has 0 fully saturated rings. The van der Waals surface area contributed by atoms with E-state index >= 15 is 0 Å². The van der Waals surface area contributed by atoms with Crippen LogP contribution in [0.4, 0.5) is 16.1 Å². The van der Waals surface area contributed by atoms with Crippen LogP contribution in [0.15, 0.2) is 22.6 Å². The Hall–Kier alpha value is -1.66. The Kier molecular flexibility index (Phi) is 4.92. The molecule has 2 aromatic rings. The van der Waals surface area contributed by atoms with E-state index in [1.807, 2.05) is 0 Å². The summed E-state index contributed by atoms with van der Waals surface area (Å²) in [5, 5.41) is 14.1. The number of hydrogen-bond acceptors (Lipinski definition) is 5. The van der Waals surface area contributed by atoms with Gasteiger partial charge in [-0.3, -0.25) is 0 Å². The normalized spacial score (nSPS) is 11.1. The largest absolute Gasteiger partial charge is 0.406 e. The topological polar surface area (TPSA) is 63.0 Å². The monoisotopic (exact) mass is 298 g/mol. The van der Waals surface area contributed by atoms with E-state index in [1.54, 1.807) is 0 Å². The van der Waals surface area contributed by atoms with E-state index in [4.69, 9.17) is 16.0 Å². The van der Waals surface area contributed by atoms with E-state index in [0.717, 1.165) is 6.54 Å². The maximum Gasteiger partial charge on any atom is 0.320 e. The second kappa shape index (κ2) is 6.67. The van der Waals surface area contributed by atoms with Crippen molar-refractivity contribution >= 4 is 23.3 Å². The summed E-state index contributed by atoms with van der Waals surface area (Å²) in [6.45, 7) is 5.57. The van der Waals surface area contributed by atoms with Crippen LogP contribution in [0.25, 0.3) is 0 Å². The maximum atomic E-state index is 13.1. The fraction of sp³-hybridized carbons (Fsp3) is 0.385. The lowest BCUT2D eigenvalue weighted by Gasteiger charge is -2.04. The van der Waals surface area contributed by atoms with Crippen molar-refractivity contribution in [2.45, 2.75) is 20.4 Å². The van der Waals surface area contributed by atoms with Crippen molar-refractivity contribution in [3.05, 3.63) is 34.9 Å². The first-order chi connectivity index (χ1) is 9.54. The summed E-state index contributed by atoms with van der Waals surface area (Å²) in [5.41, 5.74) is 0.386. The fourth-order valence-corrected chi connectivity index (χ4v) is 1.72. The highest BCUT2D eigenvalue weighted by atomic mass is 35.5. The van der Waals surface area contributed by atoms with Crippen molar-refractivity contribution < 1.29 is 8.81 Å². The van der Waals surface area contributed by atoms with Gasteiger partial charge in [-0.25, -0.2) is 4.39 Å². The lowest BCUT2D eigenvalue weighted by molar-refractivity contribution is 0.460. The lowest BCUT2D eigenvalue weighted by atomic mass is 10.2. The molecule has 1 heterocycles. The van der Waals surface area contributed by atoms with Gasteiger partial charge in [0, 0.05) is 0 Å². The molecule has 2 N–H and O–H groups in total. The van der Waals surface area contributed by atoms with Crippen LogP contribution in [0, 0.1) is 11.7 Å². The average molecular weight is 299 g/mol. The van der Waals surface area contributed by atoms with E-state index in [9.17, 15) is 4.39 Å². The minimum absolute atomic E-state index is 0.179. The molecular weight excluding hydrogens is 283 g/mol. The SMILES string of the molecule is CC(C)CNCc1nnc(Nc2cc(F)ccc2Cl)o1. The van der Waals surface area contributed by atoms with E-state index in [0.29, 0.717) is 29.1 Å². The molecule has 1 aromatic heterocycles. The summed E-state index contributed by atoms with van der Waals surface area (Å²) in [5.74, 6) is 0.609. The van der Waals surface area contributed by atoms with E-state index in [1.165, 1.54) is 18.2 Å². The van der Waals surface area contributed by atoms with E-state index < -0.39 is 5.82 Å². The molecule has 108 valence electrons. The fourth-order valence-electron chi connectivity index (χ4n) is 1.55. The van der Waals surface area contributed by atoms with E-state index in [-0.39, 0.29) is 6.01 Å². The van der Waals surface area contributed by atoms with Gasteiger partial charge < -0.3 is 15.1 Å². The second-order valence-corrected chi connectivity index (χ2v) is 5.18. The molecule has 7 heteroatoms. The molecule has 0 unspecified atom stereocenters. The molecule has 0 spiro atoms. The van der Waals surface area contributed by atoms with Gasteiger partial charge in [0.1, 0.15) is 5.82 Å². The number of halogens is 2. The van der Waals surface area contributed by atoms with Crippen LogP contribution in [-0.2, 0) is 6.54 Å². The Morgan fingerprint density at radius 1 is 1.35 bits per heavy atom. The molecule has 5 nitrogen and oxygen atoms in total. The molecule has 0 amide bonds. The molecule has 20 heavy (non-hydrogen) atoms. The molecule has 0 atom stereocenters. The number of anilines is 2. The van der Waals surface area contributed by atoms with Crippen LogP contribution in [0.1, 0.15) is 19.7 Å². The number of nitrogens with one attached hydrogen (secondary N) is 2. The highest BCUT2D eigenvalue weighted by Crippen LogP contribution is 2.25. The predicted molar refractivity (Wildman–Crippen MR) is 75.5 cm³/mol. The zero-order valence-electron chi connectivity index (χ0n) is 11.3. The first kappa shape index (κ1) is 14.7. The molecule has 0 aliphatic carbocycles. The number of aromatic nitrogens is 2. The number of rotatable bonds is 6. The summed E-state index contributed by atoms with van der Waals surface area (Å²) in [4.78, 5) is 0. The van der Waals surface area contributed by atoms with Gasteiger partial charge in [0.05, 0.1) is 17.3 Å². The zero-order valence-corrected chi connectivity index (χ0v) is 12.0. The van der Waals surface area contributed by atoms with Gasteiger partial charge in [-0.15, -0.1) is 5.10 Å². The first-order valence-corrected chi connectivity index (χ1v) is 6.67. The third-order valence-electron chi connectivity index (χ3n) is 2.47. The first-order valence-electron chi connectivity index (χ1n) is 6.30. The van der Waals surface area contributed by atoms with Gasteiger partial charge in [0.15, 0.2) is 0 Å². The Labute approximate surface area is 121 Å². The van der Waals surface area contributed by atoms with Crippen LogP contribution in [0.3, 0.4) is 0 Å². The third kappa shape index (κ3) is 4.18. The van der Waals surface area contributed by atoms with Crippen LogP contribution in [0.5, 0.6) is 0 Å². The molecule has 0 saturated carbocycles. The number of hydrogen-bond donors (Lipinski definition) is 2. The predicted octanol–water partition coefficient (Wildman–Crippen LogP) is 3.35. The van der Waals surface area contributed by atoms with Crippen molar-refractivity contribution in [2.24, 2.45) is 5.92 Å². The van der Waals surface area contributed by atoms with Gasteiger partial charge in [0.25, 0.3) is 0 Å². The highest BCUT2D eigenvalue weighted by molar-refractivity contribution is 6.33. The minimum Gasteiger partial charge on any atom is -0.406 e. The Balaban J connectivity index is 1.97. The smallest absolute Gasteiger partial charge is 0.320 e. The van der Waals surface area contributed by atoms with Gasteiger partial charge in [-0.2, -0.15) is 0 Å². The van der Waals surface area contributed by atoms with Crippen LogP contribution >= 0.6 is 11.6 Å². The summed E-state index contributed by atoms with van der Waals surface area (Å²) in [6.07, 6.45) is 0. The summed E-state index contributed by atoms with van der Waals surface area (Å²) < 4.78 is 18.5. The highest BCUT2D eigenvalue weighted by Gasteiger charge is 2.09. The van der Waals surface area contributed by atoms with Crippen molar-refractivity contribution in [1.29, 1.82) is 0 Å². The van der Waals surface area contributed by atoms with Gasteiger partial charge in [-0.05, 0) is 30.7 Å². The van der Waals surface area contributed by atoms with Crippen molar-refractivity contribution in [3.8, 4) is 0 Å². The van der Waals surface area contributed by atoms with E-state index in [2.05, 4.69) is 34.7 Å². The van der Waals surface area contributed by atoms with Crippen LogP contribution < -0.4 is 10.6 Å². The zero-order chi connectivity index (χ0) is 14.5. The maximum absolute atomic E-state index is 13.1. The third-order valence-corrected chi connectivity index (χ3v) is 2.80. The molecule has 1 aromatic carbocycles. The lowest BCUT2D eigenvalue weighted by Crippen LogP contribution is -2.19. The van der Waals surface area contributed by atoms with Gasteiger partial charge >= 0.3 is 6.01 Å². The number of nitrogens with zero attached hydrogens (tertiary/aromatic N) is 2. The van der Waals surface area contributed by atoms with Crippen molar-refractivity contribution in [1.82, 2.24) is 15.5 Å². The number of benzene rings is 1. The average Bonchev–Trinajstić information content (AvgIpc) is 2.81. The molecule has 0 saturated heterocycles. The molecule has 2 rings (SSSR count). The Morgan fingerprint density at radius 2 is 2.15 bits per heavy atom. The Bertz CT molecular complexity index is 573. The van der Waals surface area contributed by atoms with Crippen molar-refractivity contribution in [2.75, 3.05) is 11.9 Å². The molecule has 0 bridgehead atoms. The Morgan fingerprint density at radius 3 is 2.90 bits per heavy atom. The van der Waals surface area contributed by atoms with Crippen LogP contribution in [-0.4, -0.2) is 16.7 Å². The quantitative estimate of drug-likeness (QED) is 0.856. The minimum atomic E-state index is -0.393. The summed E-state index contributed by atoms with van der Waals surface area (Å²) in [6, 6.07) is 4.19. The standard InChI is InChI=1S/C13H16ClFN4O/c1-8(2)6-16-7-12-18-19-13(20-12)17-11-5-9(15)3-4-10(11)14/h3-5,8,16H,6-7H2,1-2H3,(H,17,19). The van der Waals surface area contributed by atoms with Gasteiger partial charge in [0.2, 0.25) is 5.89 Å². The van der Waals surface area contributed by atoms with Crippen molar-refractivity contribution in [3.63, 3.8) is 0 Å². The summed E-state index contributed by atoms with van der Waals surface area (Å²) >= 11 is 5.94. The van der Waals surface area contributed by atoms with Crippen LogP contribution in [0.2, 0.25) is 5.02 Å². The molecule has 0 radical (unpaired) electrons.